The van der Waals surface area contributed by atoms with Crippen LogP contribution in [0.25, 0.3) is 51.9 Å². The van der Waals surface area contributed by atoms with Crippen molar-refractivity contribution in [2.45, 2.75) is 65.2 Å². The molecule has 0 atom stereocenters. The number of rotatable bonds is 17. The van der Waals surface area contributed by atoms with Crippen LogP contribution in [0, 0.1) is 0 Å². The number of ether oxygens (including phenoxy) is 2. The minimum Gasteiger partial charge on any atom is -0.493 e. The Bertz CT molecular complexity index is 1700. The Labute approximate surface area is 273 Å². The van der Waals surface area contributed by atoms with E-state index in [1.54, 1.807) is 11.3 Å². The van der Waals surface area contributed by atoms with E-state index in [9.17, 15) is 0 Å². The molecule has 1 heterocycles. The molecule has 0 bridgehead atoms. The number of thiophene rings is 1. The molecule has 3 heteroatoms. The van der Waals surface area contributed by atoms with E-state index < -0.39 is 0 Å². The highest BCUT2D eigenvalue weighted by Crippen LogP contribution is 2.34. The Morgan fingerprint density at radius 2 is 1.18 bits per heavy atom. The first-order chi connectivity index (χ1) is 22.2. The molecule has 0 spiro atoms. The summed E-state index contributed by atoms with van der Waals surface area (Å²) >= 11 is 1.75. The van der Waals surface area contributed by atoms with Gasteiger partial charge >= 0.3 is 0 Å². The molecule has 0 aliphatic heterocycles. The first kappa shape index (κ1) is 32.3. The van der Waals surface area contributed by atoms with Crippen LogP contribution in [0.1, 0.15) is 92.3 Å². The number of benzene rings is 4. The first-order valence-electron chi connectivity index (χ1n) is 16.6. The van der Waals surface area contributed by atoms with Crippen LogP contribution < -0.4 is 9.47 Å². The van der Waals surface area contributed by atoms with Gasteiger partial charge in [-0.25, -0.2) is 0 Å². The molecule has 1 aromatic heterocycles. The summed E-state index contributed by atoms with van der Waals surface area (Å²) in [6, 6.07) is 26.0. The maximum Gasteiger partial charge on any atom is 0.127 e. The van der Waals surface area contributed by atoms with E-state index in [0.29, 0.717) is 13.2 Å². The van der Waals surface area contributed by atoms with E-state index in [-0.39, 0.29) is 0 Å². The van der Waals surface area contributed by atoms with Gasteiger partial charge in [-0.3, -0.25) is 0 Å². The Balaban J connectivity index is 1.43. The van der Waals surface area contributed by atoms with Crippen LogP contribution in [-0.2, 0) is 0 Å². The van der Waals surface area contributed by atoms with Gasteiger partial charge in [-0.1, -0.05) is 126 Å². The summed E-state index contributed by atoms with van der Waals surface area (Å²) in [5, 5.41) is 7.22. The number of hydrogen-bond acceptors (Lipinski definition) is 3. The van der Waals surface area contributed by atoms with E-state index in [1.165, 1.54) is 76.1 Å². The SMILES string of the molecule is C=Cc1cc(OCCCCCC)c(/C=C/c2sccc2/C=C/c2c3ccccc3cc3ccccc23)cc1OCCCCCC. The highest BCUT2D eigenvalue weighted by Gasteiger charge is 2.11. The van der Waals surface area contributed by atoms with Crippen LogP contribution in [0.4, 0.5) is 0 Å². The fourth-order valence-electron chi connectivity index (χ4n) is 5.72. The minimum absolute atomic E-state index is 0.709. The number of hydrogen-bond donors (Lipinski definition) is 0. The van der Waals surface area contributed by atoms with Gasteiger partial charge in [-0.05, 0) is 87.3 Å². The molecule has 232 valence electrons. The van der Waals surface area contributed by atoms with E-state index in [4.69, 9.17) is 9.47 Å². The third-order valence-electron chi connectivity index (χ3n) is 8.26. The fourth-order valence-corrected chi connectivity index (χ4v) is 6.50. The second-order valence-electron chi connectivity index (χ2n) is 11.6. The van der Waals surface area contributed by atoms with Gasteiger partial charge in [-0.2, -0.15) is 0 Å². The summed E-state index contributed by atoms with van der Waals surface area (Å²) in [4.78, 5) is 1.21. The predicted molar refractivity (Wildman–Crippen MR) is 199 cm³/mol. The van der Waals surface area contributed by atoms with E-state index in [1.807, 2.05) is 6.08 Å². The van der Waals surface area contributed by atoms with Crippen molar-refractivity contribution in [1.29, 1.82) is 0 Å². The van der Waals surface area contributed by atoms with Gasteiger partial charge in [0.1, 0.15) is 11.5 Å². The van der Waals surface area contributed by atoms with Gasteiger partial charge in [0.25, 0.3) is 0 Å². The molecule has 0 saturated heterocycles. The second-order valence-corrected chi connectivity index (χ2v) is 12.5. The first-order valence-corrected chi connectivity index (χ1v) is 17.5. The summed E-state index contributed by atoms with van der Waals surface area (Å²) in [7, 11) is 0. The molecule has 5 aromatic rings. The molecule has 4 aromatic carbocycles. The van der Waals surface area contributed by atoms with Crippen molar-refractivity contribution >= 4 is 63.3 Å². The number of fused-ring (bicyclic) bond motifs is 2. The van der Waals surface area contributed by atoms with Gasteiger partial charge in [-0.15, -0.1) is 11.3 Å². The lowest BCUT2D eigenvalue weighted by Crippen LogP contribution is -2.02. The molecular formula is C42H46O2S. The standard InChI is InChI=1S/C42H46O2S/c1-4-7-9-15-26-43-40-31-36(41(30-32(40)6-3)44-27-16-10-8-5-2)22-24-42-33(25-28-45-42)21-23-39-37-19-13-11-17-34(37)29-35-18-12-14-20-38(35)39/h6,11-14,17-25,28-31H,3-5,7-10,15-16,26-27H2,1-2H3/b23-21+,24-22+. The molecule has 0 amide bonds. The molecule has 0 radical (unpaired) electrons. The van der Waals surface area contributed by atoms with E-state index >= 15 is 0 Å². The Morgan fingerprint density at radius 3 is 1.80 bits per heavy atom. The second kappa shape index (κ2) is 16.8. The third-order valence-corrected chi connectivity index (χ3v) is 9.15. The Hall–Kier alpha value is -4.08. The zero-order valence-electron chi connectivity index (χ0n) is 26.9. The summed E-state index contributed by atoms with van der Waals surface area (Å²) in [5.74, 6) is 1.75. The highest BCUT2D eigenvalue weighted by molar-refractivity contribution is 7.11. The monoisotopic (exact) mass is 614 g/mol. The lowest BCUT2D eigenvalue weighted by molar-refractivity contribution is 0.296. The van der Waals surface area contributed by atoms with Crippen molar-refractivity contribution in [2.24, 2.45) is 0 Å². The van der Waals surface area contributed by atoms with Gasteiger partial charge in [0, 0.05) is 16.0 Å². The Kier molecular flexibility index (Phi) is 12.1. The zero-order valence-corrected chi connectivity index (χ0v) is 27.7. The largest absolute Gasteiger partial charge is 0.493 e. The van der Waals surface area contributed by atoms with Gasteiger partial charge in [0.15, 0.2) is 0 Å². The molecule has 0 aliphatic carbocycles. The van der Waals surface area contributed by atoms with Gasteiger partial charge in [0.05, 0.1) is 13.2 Å². The lowest BCUT2D eigenvalue weighted by atomic mass is 9.96. The maximum atomic E-state index is 6.36. The van der Waals surface area contributed by atoms with Crippen LogP contribution >= 0.6 is 11.3 Å². The average Bonchev–Trinajstić information content (AvgIpc) is 3.53. The fraction of sp³-hybridized carbons (Fsp3) is 0.286. The van der Waals surface area contributed by atoms with Crippen molar-refractivity contribution in [3.63, 3.8) is 0 Å². The Morgan fingerprint density at radius 1 is 0.600 bits per heavy atom. The van der Waals surface area contributed by atoms with Crippen molar-refractivity contribution in [3.05, 3.63) is 112 Å². The van der Waals surface area contributed by atoms with Crippen LogP contribution in [-0.4, -0.2) is 13.2 Å². The summed E-state index contributed by atoms with van der Waals surface area (Å²) in [5.41, 5.74) is 4.46. The van der Waals surface area contributed by atoms with E-state index in [0.717, 1.165) is 35.5 Å². The number of unbranched alkanes of at least 4 members (excludes halogenated alkanes) is 6. The predicted octanol–water partition coefficient (Wildman–Crippen LogP) is 13.0. The summed E-state index contributed by atoms with van der Waals surface area (Å²) < 4.78 is 12.6. The van der Waals surface area contributed by atoms with Crippen LogP contribution in [0.3, 0.4) is 0 Å². The zero-order chi connectivity index (χ0) is 31.3. The van der Waals surface area contributed by atoms with E-state index in [2.05, 4.69) is 123 Å². The normalized spacial score (nSPS) is 11.7. The van der Waals surface area contributed by atoms with Crippen molar-refractivity contribution < 1.29 is 9.47 Å². The van der Waals surface area contributed by atoms with Crippen LogP contribution in [0.15, 0.2) is 84.8 Å². The molecule has 0 aliphatic rings. The van der Waals surface area contributed by atoms with Gasteiger partial charge in [0.2, 0.25) is 0 Å². The average molecular weight is 615 g/mol. The topological polar surface area (TPSA) is 18.5 Å². The molecule has 0 fully saturated rings. The van der Waals surface area contributed by atoms with Crippen LogP contribution in [0.5, 0.6) is 11.5 Å². The van der Waals surface area contributed by atoms with Crippen molar-refractivity contribution in [1.82, 2.24) is 0 Å². The summed E-state index contributed by atoms with van der Waals surface area (Å²) in [6.45, 7) is 9.95. The molecule has 5 rings (SSSR count). The summed E-state index contributed by atoms with van der Waals surface area (Å²) in [6.07, 6.45) is 20.2. The third kappa shape index (κ3) is 8.55. The lowest BCUT2D eigenvalue weighted by Gasteiger charge is -2.15. The smallest absolute Gasteiger partial charge is 0.127 e. The highest BCUT2D eigenvalue weighted by atomic mass is 32.1. The molecule has 0 saturated carbocycles. The van der Waals surface area contributed by atoms with Gasteiger partial charge < -0.3 is 9.47 Å². The van der Waals surface area contributed by atoms with Crippen LogP contribution in [0.2, 0.25) is 0 Å². The quantitative estimate of drug-likeness (QED) is 0.0766. The van der Waals surface area contributed by atoms with Crippen molar-refractivity contribution in [3.8, 4) is 11.5 Å². The molecule has 0 N–H and O–H groups in total. The molecule has 45 heavy (non-hydrogen) atoms. The molecule has 2 nitrogen and oxygen atoms in total. The minimum atomic E-state index is 0.709. The molecular weight excluding hydrogens is 569 g/mol. The molecule has 0 unspecified atom stereocenters. The van der Waals surface area contributed by atoms with Crippen molar-refractivity contribution in [2.75, 3.05) is 13.2 Å². The maximum absolute atomic E-state index is 6.36.